The van der Waals surface area contributed by atoms with E-state index in [0.29, 0.717) is 17.0 Å². The molecule has 0 fully saturated rings. The molecule has 26 heavy (non-hydrogen) atoms. The number of carbonyl (C=O) groups is 1. The fourth-order valence-electron chi connectivity index (χ4n) is 2.56. The Morgan fingerprint density at radius 2 is 1.85 bits per heavy atom. The minimum absolute atomic E-state index is 0.0737. The average Bonchev–Trinajstić information content (AvgIpc) is 2.62. The lowest BCUT2D eigenvalue weighted by Crippen LogP contribution is -2.32. The summed E-state index contributed by atoms with van der Waals surface area (Å²) >= 11 is 0. The number of hydrogen-bond acceptors (Lipinski definition) is 4. The third-order valence-electron chi connectivity index (χ3n) is 3.84. The van der Waals surface area contributed by atoms with Crippen molar-refractivity contribution in [3.63, 3.8) is 0 Å². The van der Waals surface area contributed by atoms with Crippen LogP contribution in [0.25, 0.3) is 0 Å². The highest BCUT2D eigenvalue weighted by Gasteiger charge is 2.20. The second-order valence-electron chi connectivity index (χ2n) is 5.99. The number of rotatable bonds is 8. The summed E-state index contributed by atoms with van der Waals surface area (Å²) in [6.07, 6.45) is 1.62. The number of hydrogen-bond donors (Lipinski definition) is 2. The molecule has 2 rings (SSSR count). The van der Waals surface area contributed by atoms with Crippen molar-refractivity contribution in [1.82, 2.24) is 4.72 Å². The van der Waals surface area contributed by atoms with Crippen molar-refractivity contribution >= 4 is 21.6 Å². The number of ether oxygens (including phenoxy) is 1. The number of carbonyl (C=O) groups excluding carboxylic acids is 1. The van der Waals surface area contributed by atoms with Crippen LogP contribution in [0, 0.1) is 0 Å². The van der Waals surface area contributed by atoms with Crippen molar-refractivity contribution in [2.75, 3.05) is 12.4 Å². The van der Waals surface area contributed by atoms with Crippen LogP contribution < -0.4 is 14.8 Å². The van der Waals surface area contributed by atoms with Gasteiger partial charge in [-0.2, -0.15) is 0 Å². The third kappa shape index (κ3) is 5.06. The molecule has 1 atom stereocenters. The van der Waals surface area contributed by atoms with Gasteiger partial charge < -0.3 is 10.1 Å². The zero-order valence-corrected chi connectivity index (χ0v) is 16.0. The summed E-state index contributed by atoms with van der Waals surface area (Å²) in [6, 6.07) is 12.9. The minimum atomic E-state index is -3.69. The molecular formula is C19H24N2O4S. The van der Waals surface area contributed by atoms with Crippen LogP contribution in [-0.4, -0.2) is 27.5 Å². The lowest BCUT2D eigenvalue weighted by molar-refractivity contribution is 0.102. The molecule has 2 aromatic rings. The molecule has 0 bridgehead atoms. The van der Waals surface area contributed by atoms with Gasteiger partial charge in [0.2, 0.25) is 10.0 Å². The van der Waals surface area contributed by atoms with Gasteiger partial charge in [-0.15, -0.1) is 0 Å². The number of nitrogens with one attached hydrogen (secondary N) is 2. The minimum Gasteiger partial charge on any atom is -0.495 e. The van der Waals surface area contributed by atoms with Crippen LogP contribution in [0.5, 0.6) is 5.75 Å². The SMILES string of the molecule is CCC[C@H](C)NS(=O)(=O)c1ccc(OC)c(NC(=O)c2ccccc2)c1. The lowest BCUT2D eigenvalue weighted by atomic mass is 10.2. The van der Waals surface area contributed by atoms with Crippen molar-refractivity contribution in [1.29, 1.82) is 0 Å². The smallest absolute Gasteiger partial charge is 0.255 e. The van der Waals surface area contributed by atoms with Gasteiger partial charge in [0.05, 0.1) is 17.7 Å². The first kappa shape index (κ1) is 19.9. The van der Waals surface area contributed by atoms with E-state index in [-0.39, 0.29) is 16.8 Å². The molecule has 140 valence electrons. The highest BCUT2D eigenvalue weighted by atomic mass is 32.2. The normalized spacial score (nSPS) is 12.4. The molecule has 2 N–H and O–H groups in total. The standard InChI is InChI=1S/C19H24N2O4S/c1-4-8-14(2)21-26(23,24)16-11-12-18(25-3)17(13-16)20-19(22)15-9-6-5-7-10-15/h5-7,9-14,21H,4,8H2,1-3H3,(H,20,22)/t14-/m0/s1. The quantitative estimate of drug-likeness (QED) is 0.739. The molecule has 0 spiro atoms. The maximum Gasteiger partial charge on any atom is 0.255 e. The van der Waals surface area contributed by atoms with Crippen LogP contribution in [0.2, 0.25) is 0 Å². The fourth-order valence-corrected chi connectivity index (χ4v) is 3.86. The van der Waals surface area contributed by atoms with Gasteiger partial charge in [-0.3, -0.25) is 4.79 Å². The van der Waals surface area contributed by atoms with Crippen molar-refractivity contribution in [2.24, 2.45) is 0 Å². The van der Waals surface area contributed by atoms with Gasteiger partial charge >= 0.3 is 0 Å². The van der Waals surface area contributed by atoms with Crippen LogP contribution in [0.3, 0.4) is 0 Å². The Kier molecular flexibility index (Phi) is 6.76. The lowest BCUT2D eigenvalue weighted by Gasteiger charge is -2.15. The zero-order chi connectivity index (χ0) is 19.2. The molecule has 0 radical (unpaired) electrons. The molecule has 0 saturated carbocycles. The second-order valence-corrected chi connectivity index (χ2v) is 7.71. The number of benzene rings is 2. The predicted octanol–water partition coefficient (Wildman–Crippen LogP) is 3.41. The van der Waals surface area contributed by atoms with E-state index in [1.807, 2.05) is 19.9 Å². The first-order valence-corrected chi connectivity index (χ1v) is 9.92. The molecule has 0 aliphatic carbocycles. The number of amides is 1. The van der Waals surface area contributed by atoms with Gasteiger partial charge in [0.1, 0.15) is 5.75 Å². The molecule has 0 heterocycles. The summed E-state index contributed by atoms with van der Waals surface area (Å²) < 4.78 is 33.0. The zero-order valence-electron chi connectivity index (χ0n) is 15.2. The monoisotopic (exact) mass is 376 g/mol. The van der Waals surface area contributed by atoms with E-state index < -0.39 is 10.0 Å². The van der Waals surface area contributed by atoms with E-state index in [1.165, 1.54) is 25.3 Å². The average molecular weight is 376 g/mol. The molecule has 0 unspecified atom stereocenters. The van der Waals surface area contributed by atoms with Gasteiger partial charge in [0.15, 0.2) is 0 Å². The highest BCUT2D eigenvalue weighted by molar-refractivity contribution is 7.89. The van der Waals surface area contributed by atoms with Crippen LogP contribution in [0.1, 0.15) is 37.0 Å². The summed E-state index contributed by atoms with van der Waals surface area (Å²) in [5.74, 6) is 0.0422. The van der Waals surface area contributed by atoms with E-state index in [9.17, 15) is 13.2 Å². The molecule has 0 aliphatic rings. The van der Waals surface area contributed by atoms with E-state index in [0.717, 1.165) is 12.8 Å². The van der Waals surface area contributed by atoms with Crippen LogP contribution in [-0.2, 0) is 10.0 Å². The summed E-state index contributed by atoms with van der Waals surface area (Å²) in [5, 5.41) is 2.71. The van der Waals surface area contributed by atoms with Gasteiger partial charge in [-0.05, 0) is 43.7 Å². The first-order chi connectivity index (χ1) is 12.4. The maximum absolute atomic E-state index is 12.6. The van der Waals surface area contributed by atoms with Crippen LogP contribution in [0.4, 0.5) is 5.69 Å². The summed E-state index contributed by atoms with van der Waals surface area (Å²) in [7, 11) is -2.22. The van der Waals surface area contributed by atoms with Gasteiger partial charge in [0.25, 0.3) is 5.91 Å². The van der Waals surface area contributed by atoms with E-state index in [4.69, 9.17) is 4.74 Å². The predicted molar refractivity (Wildman–Crippen MR) is 102 cm³/mol. The van der Waals surface area contributed by atoms with Gasteiger partial charge in [-0.1, -0.05) is 31.5 Å². The first-order valence-electron chi connectivity index (χ1n) is 8.44. The van der Waals surface area contributed by atoms with Crippen molar-refractivity contribution in [3.8, 4) is 5.75 Å². The number of methoxy groups -OCH3 is 1. The molecular weight excluding hydrogens is 352 g/mol. The number of sulfonamides is 1. The molecule has 0 aliphatic heterocycles. The topological polar surface area (TPSA) is 84.5 Å². The Balaban J connectivity index is 2.29. The molecule has 1 amide bonds. The molecule has 0 aromatic heterocycles. The largest absolute Gasteiger partial charge is 0.495 e. The fraction of sp³-hybridized carbons (Fsp3) is 0.316. The maximum atomic E-state index is 12.6. The Bertz CT molecular complexity index is 851. The number of anilines is 1. The summed E-state index contributed by atoms with van der Waals surface area (Å²) in [6.45, 7) is 3.82. The summed E-state index contributed by atoms with van der Waals surface area (Å²) in [4.78, 5) is 12.4. The summed E-state index contributed by atoms with van der Waals surface area (Å²) in [5.41, 5.74) is 0.768. The van der Waals surface area contributed by atoms with E-state index in [2.05, 4.69) is 10.0 Å². The van der Waals surface area contributed by atoms with Crippen LogP contribution in [0.15, 0.2) is 53.4 Å². The van der Waals surface area contributed by atoms with Crippen molar-refractivity contribution < 1.29 is 17.9 Å². The second kappa shape index (κ2) is 8.82. The van der Waals surface area contributed by atoms with Crippen LogP contribution >= 0.6 is 0 Å². The Morgan fingerprint density at radius 1 is 1.15 bits per heavy atom. The van der Waals surface area contributed by atoms with E-state index in [1.54, 1.807) is 24.3 Å². The third-order valence-corrected chi connectivity index (χ3v) is 5.43. The highest BCUT2D eigenvalue weighted by Crippen LogP contribution is 2.28. The Morgan fingerprint density at radius 3 is 2.46 bits per heavy atom. The van der Waals surface area contributed by atoms with Gasteiger partial charge in [0, 0.05) is 11.6 Å². The van der Waals surface area contributed by atoms with Gasteiger partial charge in [-0.25, -0.2) is 13.1 Å². The molecule has 0 saturated heterocycles. The van der Waals surface area contributed by atoms with Crippen molar-refractivity contribution in [3.05, 3.63) is 54.1 Å². The van der Waals surface area contributed by atoms with Crippen molar-refractivity contribution in [2.45, 2.75) is 37.6 Å². The molecule has 6 nitrogen and oxygen atoms in total. The molecule has 7 heteroatoms. The molecule has 2 aromatic carbocycles. The Labute approximate surface area is 154 Å². The van der Waals surface area contributed by atoms with E-state index >= 15 is 0 Å². The Hall–Kier alpha value is -2.38.